The number of aromatic nitrogens is 2. The molecule has 1 aliphatic rings. The molecule has 17 heavy (non-hydrogen) atoms. The van der Waals surface area contributed by atoms with Crippen molar-refractivity contribution < 1.29 is 10.2 Å². The quantitative estimate of drug-likeness (QED) is 0.681. The van der Waals surface area contributed by atoms with Gasteiger partial charge in [-0.1, -0.05) is 11.6 Å². The van der Waals surface area contributed by atoms with Crippen molar-refractivity contribution in [3.05, 3.63) is 32.1 Å². The van der Waals surface area contributed by atoms with E-state index >= 15 is 0 Å². The molecule has 1 aliphatic heterocycles. The first kappa shape index (κ1) is 12.7. The average molecular weight is 279 g/mol. The second kappa shape index (κ2) is 4.85. The van der Waals surface area contributed by atoms with Crippen LogP contribution in [0.4, 0.5) is 0 Å². The molecule has 0 unspecified atom stereocenters. The molecule has 1 fully saturated rings. The first-order valence-electron chi connectivity index (χ1n) is 4.98. The van der Waals surface area contributed by atoms with Crippen LogP contribution in [0, 0.1) is 0 Å². The number of aliphatic hydroxyl groups is 2. The third kappa shape index (κ3) is 2.42. The lowest BCUT2D eigenvalue weighted by Crippen LogP contribution is -2.31. The SMILES string of the molecule is O=c1[nH]c(=O)n([C@@H]2C[C@H](O)[C@H](CO)S2)cc1Cl. The van der Waals surface area contributed by atoms with Crippen molar-refractivity contribution in [1.82, 2.24) is 9.55 Å². The normalized spacial score (nSPS) is 28.5. The second-order valence-electron chi connectivity index (χ2n) is 3.76. The molecule has 2 rings (SSSR count). The number of nitrogens with one attached hydrogen (secondary N) is 1. The molecule has 0 aliphatic carbocycles. The fourth-order valence-corrected chi connectivity index (χ4v) is 3.26. The van der Waals surface area contributed by atoms with E-state index in [9.17, 15) is 14.7 Å². The van der Waals surface area contributed by atoms with Crippen molar-refractivity contribution >= 4 is 23.4 Å². The number of thioether (sulfide) groups is 1. The minimum absolute atomic E-state index is 0.0767. The van der Waals surface area contributed by atoms with E-state index < -0.39 is 17.4 Å². The number of aromatic amines is 1. The highest BCUT2D eigenvalue weighted by atomic mass is 35.5. The molecular weight excluding hydrogens is 268 g/mol. The zero-order chi connectivity index (χ0) is 12.6. The predicted octanol–water partition coefficient (Wildman–Crippen LogP) is -0.453. The summed E-state index contributed by atoms with van der Waals surface area (Å²) < 4.78 is 1.27. The van der Waals surface area contributed by atoms with E-state index in [-0.39, 0.29) is 22.3 Å². The molecule has 8 heteroatoms. The van der Waals surface area contributed by atoms with Crippen LogP contribution in [-0.2, 0) is 0 Å². The Bertz CT molecular complexity index is 528. The summed E-state index contributed by atoms with van der Waals surface area (Å²) in [5.41, 5.74) is -1.20. The summed E-state index contributed by atoms with van der Waals surface area (Å²) in [6, 6.07) is 0. The molecule has 0 radical (unpaired) electrons. The van der Waals surface area contributed by atoms with Gasteiger partial charge < -0.3 is 10.2 Å². The Balaban J connectivity index is 2.34. The van der Waals surface area contributed by atoms with Crippen LogP contribution >= 0.6 is 23.4 Å². The number of rotatable bonds is 2. The monoisotopic (exact) mass is 278 g/mol. The highest BCUT2D eigenvalue weighted by Crippen LogP contribution is 2.40. The van der Waals surface area contributed by atoms with Crippen LogP contribution < -0.4 is 11.2 Å². The lowest BCUT2D eigenvalue weighted by molar-refractivity contribution is 0.137. The maximum atomic E-state index is 11.6. The van der Waals surface area contributed by atoms with Gasteiger partial charge in [0.05, 0.1) is 23.3 Å². The molecular formula is C9H11ClN2O4S. The third-order valence-electron chi connectivity index (χ3n) is 2.62. The van der Waals surface area contributed by atoms with E-state index in [0.29, 0.717) is 6.42 Å². The van der Waals surface area contributed by atoms with E-state index in [1.165, 1.54) is 22.5 Å². The third-order valence-corrected chi connectivity index (χ3v) is 4.43. The van der Waals surface area contributed by atoms with E-state index in [4.69, 9.17) is 16.7 Å². The second-order valence-corrected chi connectivity index (χ2v) is 5.59. The first-order chi connectivity index (χ1) is 8.02. The highest BCUT2D eigenvalue weighted by molar-refractivity contribution is 8.00. The standard InChI is InChI=1S/C9H11ClN2O4S/c10-4-2-12(9(16)11-8(4)15)7-1-5(14)6(3-13)17-7/h2,5-7,13-14H,1,3H2,(H,11,15,16)/t5-,6-,7-/m0/s1. The summed E-state index contributed by atoms with van der Waals surface area (Å²) in [6.45, 7) is -0.159. The van der Waals surface area contributed by atoms with Crippen LogP contribution in [0.25, 0.3) is 0 Å². The minimum atomic E-state index is -0.674. The fraction of sp³-hybridized carbons (Fsp3) is 0.556. The Morgan fingerprint density at radius 1 is 1.59 bits per heavy atom. The van der Waals surface area contributed by atoms with E-state index in [2.05, 4.69) is 4.98 Å². The van der Waals surface area contributed by atoms with Crippen molar-refractivity contribution in [1.29, 1.82) is 0 Å². The van der Waals surface area contributed by atoms with Crippen molar-refractivity contribution in [3.63, 3.8) is 0 Å². The molecule has 1 saturated heterocycles. The van der Waals surface area contributed by atoms with Gasteiger partial charge in [0, 0.05) is 12.6 Å². The Morgan fingerprint density at radius 3 is 2.88 bits per heavy atom. The summed E-state index contributed by atoms with van der Waals surface area (Å²) in [6.07, 6.45) is 0.915. The van der Waals surface area contributed by atoms with Crippen molar-refractivity contribution in [2.24, 2.45) is 0 Å². The molecule has 0 aromatic carbocycles. The molecule has 94 valence electrons. The largest absolute Gasteiger partial charge is 0.395 e. The lowest BCUT2D eigenvalue weighted by atomic mass is 10.2. The van der Waals surface area contributed by atoms with Crippen LogP contribution in [-0.4, -0.2) is 37.7 Å². The van der Waals surface area contributed by atoms with Gasteiger partial charge in [0.2, 0.25) is 0 Å². The van der Waals surface area contributed by atoms with Crippen molar-refractivity contribution in [2.45, 2.75) is 23.1 Å². The van der Waals surface area contributed by atoms with Crippen LogP contribution in [0.2, 0.25) is 5.02 Å². The van der Waals surface area contributed by atoms with E-state index in [1.54, 1.807) is 0 Å². The van der Waals surface area contributed by atoms with Crippen LogP contribution in [0.3, 0.4) is 0 Å². The average Bonchev–Trinajstić information content (AvgIpc) is 2.65. The van der Waals surface area contributed by atoms with Gasteiger partial charge in [0.25, 0.3) is 5.56 Å². The number of halogens is 1. The molecule has 3 atom stereocenters. The Labute approximate surface area is 105 Å². The zero-order valence-electron chi connectivity index (χ0n) is 8.67. The van der Waals surface area contributed by atoms with Gasteiger partial charge in [-0.2, -0.15) is 0 Å². The Hall–Kier alpha value is -0.760. The number of H-pyrrole nitrogens is 1. The number of nitrogens with zero attached hydrogens (tertiary/aromatic N) is 1. The summed E-state index contributed by atoms with van der Waals surface area (Å²) in [5, 5.41) is 17.9. The smallest absolute Gasteiger partial charge is 0.329 e. The fourth-order valence-electron chi connectivity index (χ4n) is 1.72. The molecule has 3 N–H and O–H groups in total. The number of hydrogen-bond donors (Lipinski definition) is 3. The van der Waals surface area contributed by atoms with E-state index in [1.807, 2.05) is 0 Å². The number of hydrogen-bond acceptors (Lipinski definition) is 5. The minimum Gasteiger partial charge on any atom is -0.395 e. The topological polar surface area (TPSA) is 95.3 Å². The van der Waals surface area contributed by atoms with Gasteiger partial charge in [0.1, 0.15) is 5.02 Å². The van der Waals surface area contributed by atoms with Gasteiger partial charge in [0.15, 0.2) is 0 Å². The zero-order valence-corrected chi connectivity index (χ0v) is 10.2. The van der Waals surface area contributed by atoms with Gasteiger partial charge in [-0.15, -0.1) is 11.8 Å². The molecule has 2 heterocycles. The molecule has 0 amide bonds. The summed E-state index contributed by atoms with van der Waals surface area (Å²) in [7, 11) is 0. The van der Waals surface area contributed by atoms with Gasteiger partial charge in [-0.05, 0) is 0 Å². The number of aliphatic hydroxyl groups excluding tert-OH is 2. The molecule has 6 nitrogen and oxygen atoms in total. The van der Waals surface area contributed by atoms with Crippen LogP contribution in [0.5, 0.6) is 0 Å². The Kier molecular flexibility index (Phi) is 3.62. The van der Waals surface area contributed by atoms with E-state index in [0.717, 1.165) is 0 Å². The van der Waals surface area contributed by atoms with Gasteiger partial charge in [-0.25, -0.2) is 4.79 Å². The van der Waals surface area contributed by atoms with Crippen LogP contribution in [0.15, 0.2) is 15.8 Å². The molecule has 0 spiro atoms. The predicted molar refractivity (Wildman–Crippen MR) is 64.5 cm³/mol. The summed E-state index contributed by atoms with van der Waals surface area (Å²) in [5.74, 6) is 0. The molecule has 0 saturated carbocycles. The Morgan fingerprint density at radius 2 is 2.29 bits per heavy atom. The lowest BCUT2D eigenvalue weighted by Gasteiger charge is -2.12. The molecule has 0 bridgehead atoms. The van der Waals surface area contributed by atoms with Gasteiger partial charge in [-0.3, -0.25) is 14.3 Å². The van der Waals surface area contributed by atoms with Crippen molar-refractivity contribution in [3.8, 4) is 0 Å². The first-order valence-corrected chi connectivity index (χ1v) is 6.30. The van der Waals surface area contributed by atoms with Crippen LogP contribution in [0.1, 0.15) is 11.8 Å². The highest BCUT2D eigenvalue weighted by Gasteiger charge is 2.34. The maximum absolute atomic E-state index is 11.6. The van der Waals surface area contributed by atoms with Crippen molar-refractivity contribution in [2.75, 3.05) is 6.61 Å². The molecule has 1 aromatic rings. The summed E-state index contributed by atoms with van der Waals surface area (Å²) >= 11 is 6.93. The summed E-state index contributed by atoms with van der Waals surface area (Å²) in [4.78, 5) is 24.8. The molecule has 1 aromatic heterocycles. The van der Waals surface area contributed by atoms with Gasteiger partial charge >= 0.3 is 5.69 Å². The maximum Gasteiger partial charge on any atom is 0.329 e.